The molecule has 8 heteroatoms. The summed E-state index contributed by atoms with van der Waals surface area (Å²) in [5.41, 5.74) is 1.64. The predicted molar refractivity (Wildman–Crippen MR) is 115 cm³/mol. The van der Waals surface area contributed by atoms with Crippen molar-refractivity contribution in [3.05, 3.63) is 70.7 Å². The molecule has 2 aromatic carbocycles. The number of methoxy groups -OCH3 is 1. The van der Waals surface area contributed by atoms with Crippen molar-refractivity contribution in [2.24, 2.45) is 0 Å². The number of carbonyl (C=O) groups is 3. The molecule has 2 rings (SSSR count). The molecule has 7 nitrogen and oxygen atoms in total. The van der Waals surface area contributed by atoms with Gasteiger partial charge in [-0.15, -0.1) is 0 Å². The van der Waals surface area contributed by atoms with Crippen molar-refractivity contribution in [3.8, 4) is 0 Å². The highest BCUT2D eigenvalue weighted by atomic mass is 35.5. The Morgan fingerprint density at radius 1 is 1.07 bits per heavy atom. The molecule has 0 fully saturated rings. The Kier molecular flexibility index (Phi) is 9.15. The Bertz CT molecular complexity index is 860. The maximum Gasteiger partial charge on any atom is 0.317 e. The fourth-order valence-corrected chi connectivity index (χ4v) is 3.13. The van der Waals surface area contributed by atoms with Crippen molar-refractivity contribution in [3.63, 3.8) is 0 Å². The number of esters is 1. The average molecular weight is 432 g/mol. The van der Waals surface area contributed by atoms with Crippen LogP contribution in [0.3, 0.4) is 0 Å². The quantitative estimate of drug-likeness (QED) is 0.596. The van der Waals surface area contributed by atoms with E-state index >= 15 is 0 Å². The summed E-state index contributed by atoms with van der Waals surface area (Å²) >= 11 is 6.21. The van der Waals surface area contributed by atoms with Gasteiger partial charge in [-0.3, -0.25) is 9.59 Å². The van der Waals surface area contributed by atoms with Gasteiger partial charge in [-0.1, -0.05) is 60.1 Å². The van der Waals surface area contributed by atoms with Crippen molar-refractivity contribution in [2.75, 3.05) is 20.7 Å². The molecule has 160 valence electrons. The fraction of sp³-hybridized carbons (Fsp3) is 0.318. The normalized spacial score (nSPS) is 11.3. The maximum absolute atomic E-state index is 12.4. The molecule has 1 atom stereocenters. The van der Waals surface area contributed by atoms with Gasteiger partial charge >= 0.3 is 12.0 Å². The minimum atomic E-state index is -0.616. The Hall–Kier alpha value is -3.06. The van der Waals surface area contributed by atoms with Crippen LogP contribution in [0.4, 0.5) is 4.79 Å². The molecule has 0 radical (unpaired) electrons. The summed E-state index contributed by atoms with van der Waals surface area (Å²) in [5.74, 6) is -0.772. The van der Waals surface area contributed by atoms with E-state index in [2.05, 4.69) is 10.6 Å². The summed E-state index contributed by atoms with van der Waals surface area (Å²) in [6.45, 7) is 0.629. The van der Waals surface area contributed by atoms with Gasteiger partial charge in [0.05, 0.1) is 19.6 Å². The van der Waals surface area contributed by atoms with Gasteiger partial charge in [-0.05, 0) is 17.2 Å². The molecule has 30 heavy (non-hydrogen) atoms. The molecule has 0 bridgehead atoms. The Labute approximate surface area is 181 Å². The lowest BCUT2D eigenvalue weighted by atomic mass is 10.0. The van der Waals surface area contributed by atoms with Crippen LogP contribution >= 0.6 is 11.6 Å². The van der Waals surface area contributed by atoms with Crippen molar-refractivity contribution >= 4 is 29.5 Å². The molecule has 1 unspecified atom stereocenters. The Balaban J connectivity index is 1.85. The van der Waals surface area contributed by atoms with Gasteiger partial charge in [-0.25, -0.2) is 4.79 Å². The first-order valence-electron chi connectivity index (χ1n) is 9.54. The maximum atomic E-state index is 12.4. The summed E-state index contributed by atoms with van der Waals surface area (Å²) in [7, 11) is 2.97. The third-order valence-electron chi connectivity index (χ3n) is 4.45. The highest BCUT2D eigenvalue weighted by Crippen LogP contribution is 2.25. The van der Waals surface area contributed by atoms with Crippen LogP contribution in [-0.4, -0.2) is 43.5 Å². The van der Waals surface area contributed by atoms with Gasteiger partial charge in [0.15, 0.2) is 0 Å². The summed E-state index contributed by atoms with van der Waals surface area (Å²) in [6, 6.07) is 15.7. The van der Waals surface area contributed by atoms with Gasteiger partial charge in [0, 0.05) is 31.6 Å². The van der Waals surface area contributed by atoms with Crippen LogP contribution in [0.1, 0.15) is 30.0 Å². The molecule has 0 aliphatic carbocycles. The molecule has 2 aromatic rings. The van der Waals surface area contributed by atoms with Crippen molar-refractivity contribution in [1.29, 1.82) is 0 Å². The standard InChI is InChI=1S/C22H26ClN3O4/c1-26(15-16-8-4-3-5-9-16)22(29)24-13-12-20(27)25-19(14-21(28)30-2)17-10-6-7-11-18(17)23/h3-11,19H,12-15H2,1-2H3,(H,24,29)(H,25,27). The lowest BCUT2D eigenvalue weighted by Crippen LogP contribution is -2.39. The number of urea groups is 1. The molecule has 0 saturated carbocycles. The zero-order valence-corrected chi connectivity index (χ0v) is 17.8. The zero-order chi connectivity index (χ0) is 21.9. The number of benzene rings is 2. The molecular weight excluding hydrogens is 406 g/mol. The topological polar surface area (TPSA) is 87.7 Å². The van der Waals surface area contributed by atoms with Crippen LogP contribution in [0.2, 0.25) is 5.02 Å². The Morgan fingerprint density at radius 2 is 1.73 bits per heavy atom. The minimum Gasteiger partial charge on any atom is -0.469 e. The summed E-state index contributed by atoms with van der Waals surface area (Å²) < 4.78 is 4.72. The number of nitrogens with one attached hydrogen (secondary N) is 2. The van der Waals surface area contributed by atoms with E-state index in [1.165, 1.54) is 12.0 Å². The number of carbonyl (C=O) groups excluding carboxylic acids is 3. The first-order chi connectivity index (χ1) is 14.4. The van der Waals surface area contributed by atoms with Gasteiger partial charge in [-0.2, -0.15) is 0 Å². The van der Waals surface area contributed by atoms with E-state index in [4.69, 9.17) is 16.3 Å². The van der Waals surface area contributed by atoms with Crippen LogP contribution in [-0.2, 0) is 20.9 Å². The molecule has 0 aliphatic rings. The molecule has 0 saturated heterocycles. The van der Waals surface area contributed by atoms with Gasteiger partial charge < -0.3 is 20.3 Å². The lowest BCUT2D eigenvalue weighted by Gasteiger charge is -2.20. The Morgan fingerprint density at radius 3 is 2.40 bits per heavy atom. The number of rotatable bonds is 9. The number of hydrogen-bond donors (Lipinski definition) is 2. The van der Waals surface area contributed by atoms with E-state index in [0.717, 1.165) is 5.56 Å². The predicted octanol–water partition coefficient (Wildman–Crippen LogP) is 3.29. The molecule has 0 aromatic heterocycles. The number of halogens is 1. The van der Waals surface area contributed by atoms with Gasteiger partial charge in [0.25, 0.3) is 0 Å². The largest absolute Gasteiger partial charge is 0.469 e. The van der Waals surface area contributed by atoms with Crippen LogP contribution in [0.5, 0.6) is 0 Å². The molecule has 3 amide bonds. The number of amides is 3. The second kappa shape index (κ2) is 11.8. The highest BCUT2D eigenvalue weighted by molar-refractivity contribution is 6.31. The second-order valence-electron chi connectivity index (χ2n) is 6.75. The molecular formula is C22H26ClN3O4. The van der Waals surface area contributed by atoms with Crippen molar-refractivity contribution < 1.29 is 19.1 Å². The summed E-state index contributed by atoms with van der Waals surface area (Å²) in [6.07, 6.45) is 0.0190. The first kappa shape index (κ1) is 23.2. The molecule has 0 heterocycles. The van der Waals surface area contributed by atoms with Gasteiger partial charge in [0.2, 0.25) is 5.91 Å². The third kappa shape index (κ3) is 7.40. The minimum absolute atomic E-state index is 0.0435. The third-order valence-corrected chi connectivity index (χ3v) is 4.80. The average Bonchev–Trinajstić information content (AvgIpc) is 2.74. The molecule has 2 N–H and O–H groups in total. The zero-order valence-electron chi connectivity index (χ0n) is 17.1. The van der Waals surface area contributed by atoms with Crippen LogP contribution in [0.25, 0.3) is 0 Å². The van der Waals surface area contributed by atoms with E-state index in [-0.39, 0.29) is 31.3 Å². The highest BCUT2D eigenvalue weighted by Gasteiger charge is 2.21. The van der Waals surface area contributed by atoms with E-state index in [9.17, 15) is 14.4 Å². The van der Waals surface area contributed by atoms with E-state index in [1.54, 1.807) is 31.3 Å². The van der Waals surface area contributed by atoms with Crippen molar-refractivity contribution in [2.45, 2.75) is 25.4 Å². The SMILES string of the molecule is COC(=O)CC(NC(=O)CCNC(=O)N(C)Cc1ccccc1)c1ccccc1Cl. The fourth-order valence-electron chi connectivity index (χ4n) is 2.86. The van der Waals surface area contributed by atoms with E-state index < -0.39 is 12.0 Å². The van der Waals surface area contributed by atoms with E-state index in [0.29, 0.717) is 17.1 Å². The molecule has 0 spiro atoms. The van der Waals surface area contributed by atoms with Crippen molar-refractivity contribution in [1.82, 2.24) is 15.5 Å². The molecule has 0 aliphatic heterocycles. The number of nitrogens with zero attached hydrogens (tertiary/aromatic N) is 1. The lowest BCUT2D eigenvalue weighted by molar-refractivity contribution is -0.141. The van der Waals surface area contributed by atoms with Crippen LogP contribution in [0, 0.1) is 0 Å². The second-order valence-corrected chi connectivity index (χ2v) is 7.15. The summed E-state index contributed by atoms with van der Waals surface area (Å²) in [5, 5.41) is 5.96. The smallest absolute Gasteiger partial charge is 0.317 e. The number of hydrogen-bond acceptors (Lipinski definition) is 4. The monoisotopic (exact) mass is 431 g/mol. The van der Waals surface area contributed by atoms with Crippen LogP contribution < -0.4 is 10.6 Å². The van der Waals surface area contributed by atoms with Gasteiger partial charge in [0.1, 0.15) is 0 Å². The number of ether oxygens (including phenoxy) is 1. The summed E-state index contributed by atoms with van der Waals surface area (Å²) in [4.78, 5) is 37.9. The van der Waals surface area contributed by atoms with Crippen LogP contribution in [0.15, 0.2) is 54.6 Å². The van der Waals surface area contributed by atoms with E-state index in [1.807, 2.05) is 30.3 Å². The first-order valence-corrected chi connectivity index (χ1v) is 9.92.